The van der Waals surface area contributed by atoms with Crippen molar-refractivity contribution in [3.8, 4) is 17.1 Å². The van der Waals surface area contributed by atoms with Gasteiger partial charge in [0.1, 0.15) is 18.2 Å². The fourth-order valence-electron chi connectivity index (χ4n) is 3.04. The summed E-state index contributed by atoms with van der Waals surface area (Å²) in [7, 11) is 2.06. The van der Waals surface area contributed by atoms with Gasteiger partial charge in [-0.05, 0) is 35.7 Å². The van der Waals surface area contributed by atoms with Crippen molar-refractivity contribution >= 4 is 21.8 Å². The Labute approximate surface area is 140 Å². The van der Waals surface area contributed by atoms with Crippen LogP contribution >= 0.6 is 0 Å². The Morgan fingerprint density at radius 3 is 2.62 bits per heavy atom. The molecule has 1 heterocycles. The van der Waals surface area contributed by atoms with Crippen molar-refractivity contribution in [3.05, 3.63) is 73.3 Å². The average molecular weight is 314 g/mol. The molecule has 0 spiro atoms. The van der Waals surface area contributed by atoms with E-state index in [0.717, 1.165) is 28.2 Å². The van der Waals surface area contributed by atoms with Crippen LogP contribution in [0.2, 0.25) is 0 Å². The Morgan fingerprint density at radius 1 is 1.04 bits per heavy atom. The van der Waals surface area contributed by atoms with Gasteiger partial charge in [-0.15, -0.1) is 0 Å². The van der Waals surface area contributed by atoms with E-state index >= 15 is 0 Å². The summed E-state index contributed by atoms with van der Waals surface area (Å²) in [6.45, 7) is 4.17. The molecule has 0 atom stereocenters. The van der Waals surface area contributed by atoms with Gasteiger partial charge in [-0.25, -0.2) is 4.98 Å². The molecule has 0 aliphatic heterocycles. The molecule has 4 rings (SSSR count). The second-order valence-electron chi connectivity index (χ2n) is 5.77. The molecule has 0 saturated heterocycles. The molecule has 24 heavy (non-hydrogen) atoms. The first-order valence-corrected chi connectivity index (χ1v) is 7.96. The molecule has 0 saturated carbocycles. The van der Waals surface area contributed by atoms with Gasteiger partial charge < -0.3 is 9.30 Å². The van der Waals surface area contributed by atoms with Crippen molar-refractivity contribution in [2.45, 2.75) is 0 Å². The number of hydrogen-bond acceptors (Lipinski definition) is 2. The van der Waals surface area contributed by atoms with Crippen LogP contribution in [0.1, 0.15) is 0 Å². The normalized spacial score (nSPS) is 11.0. The minimum absolute atomic E-state index is 0.512. The summed E-state index contributed by atoms with van der Waals surface area (Å²) in [6.07, 6.45) is 1.74. The standard InChI is InChI=1S/C21H18N2O/c1-3-14-24-17-11-8-16(9-12-17)21-22-20-18-7-5-4-6-15(18)10-13-19(20)23(21)2/h3-13H,1,14H2,2H3. The molecule has 0 bridgehead atoms. The van der Waals surface area contributed by atoms with Gasteiger partial charge in [-0.3, -0.25) is 0 Å². The van der Waals surface area contributed by atoms with Crippen molar-refractivity contribution < 1.29 is 4.74 Å². The fraction of sp³-hybridized carbons (Fsp3) is 0.0952. The Morgan fingerprint density at radius 2 is 1.83 bits per heavy atom. The summed E-state index contributed by atoms with van der Waals surface area (Å²) in [5.41, 5.74) is 3.25. The van der Waals surface area contributed by atoms with Crippen LogP contribution in [-0.2, 0) is 7.05 Å². The number of aromatic nitrogens is 2. The first-order chi connectivity index (χ1) is 11.8. The molecule has 3 aromatic carbocycles. The lowest BCUT2D eigenvalue weighted by Gasteiger charge is -2.05. The summed E-state index contributed by atoms with van der Waals surface area (Å²) in [5, 5.41) is 2.39. The summed E-state index contributed by atoms with van der Waals surface area (Å²) in [4.78, 5) is 4.91. The topological polar surface area (TPSA) is 27.1 Å². The third kappa shape index (κ3) is 2.35. The number of aryl methyl sites for hydroxylation is 1. The minimum atomic E-state index is 0.512. The maximum absolute atomic E-state index is 5.55. The van der Waals surface area contributed by atoms with Crippen LogP contribution in [0.15, 0.2) is 73.3 Å². The SMILES string of the molecule is C=CCOc1ccc(-c2nc3c4ccccc4ccc3n2C)cc1. The molecule has 3 nitrogen and oxygen atoms in total. The van der Waals surface area contributed by atoms with Crippen LogP contribution in [0.25, 0.3) is 33.2 Å². The lowest BCUT2D eigenvalue weighted by molar-refractivity contribution is 0.363. The second-order valence-corrected chi connectivity index (χ2v) is 5.77. The van der Waals surface area contributed by atoms with Gasteiger partial charge in [0.2, 0.25) is 0 Å². The zero-order chi connectivity index (χ0) is 16.5. The zero-order valence-electron chi connectivity index (χ0n) is 13.6. The Bertz CT molecular complexity index is 1030. The van der Waals surface area contributed by atoms with Crippen molar-refractivity contribution in [3.63, 3.8) is 0 Å². The highest BCUT2D eigenvalue weighted by atomic mass is 16.5. The van der Waals surface area contributed by atoms with Crippen molar-refractivity contribution in [2.24, 2.45) is 7.05 Å². The number of nitrogens with zero attached hydrogens (tertiary/aromatic N) is 2. The van der Waals surface area contributed by atoms with Gasteiger partial charge in [-0.2, -0.15) is 0 Å². The van der Waals surface area contributed by atoms with E-state index in [-0.39, 0.29) is 0 Å². The van der Waals surface area contributed by atoms with Gasteiger partial charge in [0, 0.05) is 18.0 Å². The molecule has 0 aliphatic rings. The van der Waals surface area contributed by atoms with E-state index < -0.39 is 0 Å². The highest BCUT2D eigenvalue weighted by molar-refractivity contribution is 6.05. The third-order valence-electron chi connectivity index (χ3n) is 4.26. The fourth-order valence-corrected chi connectivity index (χ4v) is 3.04. The van der Waals surface area contributed by atoms with Gasteiger partial charge in [0.05, 0.1) is 11.0 Å². The molecule has 4 aromatic rings. The smallest absolute Gasteiger partial charge is 0.140 e. The number of hydrogen-bond donors (Lipinski definition) is 0. The first kappa shape index (κ1) is 14.5. The molecular weight excluding hydrogens is 296 g/mol. The minimum Gasteiger partial charge on any atom is -0.490 e. The van der Waals surface area contributed by atoms with Gasteiger partial charge >= 0.3 is 0 Å². The predicted molar refractivity (Wildman–Crippen MR) is 99.3 cm³/mol. The number of rotatable bonds is 4. The Hall–Kier alpha value is -3.07. The quantitative estimate of drug-likeness (QED) is 0.498. The van der Waals surface area contributed by atoms with Crippen LogP contribution in [0.4, 0.5) is 0 Å². The molecule has 3 heteroatoms. The van der Waals surface area contributed by atoms with E-state index in [1.165, 1.54) is 10.8 Å². The molecule has 0 amide bonds. The molecular formula is C21H18N2O. The van der Waals surface area contributed by atoms with Crippen LogP contribution in [0.3, 0.4) is 0 Å². The monoisotopic (exact) mass is 314 g/mol. The summed E-state index contributed by atoms with van der Waals surface area (Å²) < 4.78 is 7.69. The third-order valence-corrected chi connectivity index (χ3v) is 4.26. The molecule has 0 radical (unpaired) electrons. The molecule has 0 fully saturated rings. The van der Waals surface area contributed by atoms with E-state index in [4.69, 9.17) is 9.72 Å². The summed E-state index contributed by atoms with van der Waals surface area (Å²) in [5.74, 6) is 1.79. The Kier molecular flexibility index (Phi) is 3.54. The van der Waals surface area contributed by atoms with E-state index in [1.807, 2.05) is 24.3 Å². The number of imidazole rings is 1. The lowest BCUT2D eigenvalue weighted by atomic mass is 10.1. The molecule has 0 aliphatic carbocycles. The molecule has 1 aromatic heterocycles. The van der Waals surface area contributed by atoms with Crippen LogP contribution in [0.5, 0.6) is 5.75 Å². The van der Waals surface area contributed by atoms with Crippen LogP contribution in [-0.4, -0.2) is 16.2 Å². The largest absolute Gasteiger partial charge is 0.490 e. The lowest BCUT2D eigenvalue weighted by Crippen LogP contribution is -1.94. The van der Waals surface area contributed by atoms with Crippen molar-refractivity contribution in [1.82, 2.24) is 9.55 Å². The highest BCUT2D eigenvalue weighted by Gasteiger charge is 2.12. The van der Waals surface area contributed by atoms with E-state index in [1.54, 1.807) is 6.08 Å². The molecule has 118 valence electrons. The number of fused-ring (bicyclic) bond motifs is 3. The van der Waals surface area contributed by atoms with Gasteiger partial charge in [0.25, 0.3) is 0 Å². The van der Waals surface area contributed by atoms with Crippen LogP contribution < -0.4 is 4.74 Å². The van der Waals surface area contributed by atoms with Gasteiger partial charge in [-0.1, -0.05) is 43.0 Å². The van der Waals surface area contributed by atoms with E-state index in [0.29, 0.717) is 6.61 Å². The van der Waals surface area contributed by atoms with Crippen molar-refractivity contribution in [1.29, 1.82) is 0 Å². The van der Waals surface area contributed by atoms with Gasteiger partial charge in [0.15, 0.2) is 0 Å². The number of benzene rings is 3. The summed E-state index contributed by atoms with van der Waals surface area (Å²) >= 11 is 0. The summed E-state index contributed by atoms with van der Waals surface area (Å²) in [6, 6.07) is 20.7. The molecule has 0 N–H and O–H groups in total. The highest BCUT2D eigenvalue weighted by Crippen LogP contribution is 2.29. The first-order valence-electron chi connectivity index (χ1n) is 7.96. The van der Waals surface area contributed by atoms with Crippen LogP contribution in [0, 0.1) is 0 Å². The second kappa shape index (κ2) is 5.85. The maximum atomic E-state index is 5.55. The predicted octanol–water partition coefficient (Wildman–Crippen LogP) is 4.96. The average Bonchev–Trinajstić information content (AvgIpc) is 2.98. The zero-order valence-corrected chi connectivity index (χ0v) is 13.6. The van der Waals surface area contributed by atoms with E-state index in [9.17, 15) is 0 Å². The van der Waals surface area contributed by atoms with E-state index in [2.05, 4.69) is 54.6 Å². The number of ether oxygens (including phenoxy) is 1. The maximum Gasteiger partial charge on any atom is 0.140 e. The van der Waals surface area contributed by atoms with Crippen molar-refractivity contribution in [2.75, 3.05) is 6.61 Å². The Balaban J connectivity index is 1.83. The molecule has 0 unspecified atom stereocenters.